The summed E-state index contributed by atoms with van der Waals surface area (Å²) in [6, 6.07) is 29.4. The molecule has 3 saturated heterocycles. The van der Waals surface area contributed by atoms with Crippen LogP contribution in [-0.4, -0.2) is 150 Å². The van der Waals surface area contributed by atoms with Crippen molar-refractivity contribution in [3.63, 3.8) is 0 Å². The van der Waals surface area contributed by atoms with E-state index in [0.29, 0.717) is 135 Å². The molecule has 3 aliphatic heterocycles. The van der Waals surface area contributed by atoms with E-state index in [-0.39, 0.29) is 65.8 Å². The second kappa shape index (κ2) is 34.0. The third-order valence-corrected chi connectivity index (χ3v) is 16.2. The highest BCUT2D eigenvalue weighted by molar-refractivity contribution is 5.53. The van der Waals surface area contributed by atoms with Crippen LogP contribution in [0, 0.1) is 49.9 Å². The lowest BCUT2D eigenvalue weighted by Gasteiger charge is -2.29. The molecule has 0 radical (unpaired) electrons. The first-order valence-electron chi connectivity index (χ1n) is 32.0. The maximum atomic E-state index is 14.9. The summed E-state index contributed by atoms with van der Waals surface area (Å²) in [6.07, 6.45) is 5.88. The molecule has 0 unspecified atom stereocenters. The van der Waals surface area contributed by atoms with E-state index >= 15 is 0 Å². The summed E-state index contributed by atoms with van der Waals surface area (Å²) in [7, 11) is 0. The number of aromatic nitrogens is 6. The first-order chi connectivity index (χ1) is 46.1. The largest absolute Gasteiger partial charge is 0.489 e. The van der Waals surface area contributed by atoms with Crippen LogP contribution in [0.25, 0.3) is 17.1 Å². The molecule has 1 aliphatic carbocycles. The van der Waals surface area contributed by atoms with Crippen molar-refractivity contribution in [3.05, 3.63) is 216 Å². The summed E-state index contributed by atoms with van der Waals surface area (Å²) in [5.74, 6) is -0.489. The van der Waals surface area contributed by atoms with E-state index in [2.05, 4.69) is 30.1 Å². The molecule has 8 aromatic rings. The zero-order valence-electron chi connectivity index (χ0n) is 53.6. The lowest BCUT2D eigenvalue weighted by atomic mass is 9.98. The van der Waals surface area contributed by atoms with Crippen LogP contribution in [-0.2, 0) is 38.8 Å². The number of nitrogens with zero attached hydrogens (tertiary/aromatic N) is 9. The van der Waals surface area contributed by atoms with Gasteiger partial charge in [-0.15, -0.1) is 0 Å². The van der Waals surface area contributed by atoms with Crippen molar-refractivity contribution in [1.82, 2.24) is 38.5 Å². The van der Waals surface area contributed by atoms with Crippen LogP contribution >= 0.6 is 0 Å². The van der Waals surface area contributed by atoms with Gasteiger partial charge in [0.15, 0.2) is 23.2 Å². The number of hydrogen-bond donors (Lipinski definition) is 1. The molecule has 0 spiro atoms. The molecule has 504 valence electrons. The molecule has 4 aliphatic rings. The highest BCUT2D eigenvalue weighted by Crippen LogP contribution is 2.27. The zero-order chi connectivity index (χ0) is 66.6. The molecule has 12 rings (SSSR count). The van der Waals surface area contributed by atoms with Gasteiger partial charge in [-0.2, -0.15) is 0 Å². The Labute approximate surface area is 547 Å². The van der Waals surface area contributed by atoms with Crippen molar-refractivity contribution in [1.29, 1.82) is 0 Å². The number of nitrogens with one attached hydrogen (secondary N) is 1. The van der Waals surface area contributed by atoms with Crippen LogP contribution in [0.3, 0.4) is 0 Å². The van der Waals surface area contributed by atoms with Crippen LogP contribution in [0.1, 0.15) is 66.7 Å². The number of aryl methyl sites for hydroxylation is 3. The second-order valence-electron chi connectivity index (χ2n) is 23.2. The van der Waals surface area contributed by atoms with Crippen LogP contribution < -0.4 is 41.1 Å². The Bertz CT molecular complexity index is 3860. The van der Waals surface area contributed by atoms with E-state index in [9.17, 15) is 36.3 Å². The minimum atomic E-state index is -0.584. The van der Waals surface area contributed by atoms with E-state index in [4.69, 9.17) is 33.2 Å². The number of hydrogen-bond acceptors (Lipinski definition) is 17. The van der Waals surface area contributed by atoms with Crippen molar-refractivity contribution in [3.8, 4) is 34.3 Å². The molecule has 20 nitrogen and oxygen atoms in total. The average molecular weight is 1320 g/mol. The van der Waals surface area contributed by atoms with E-state index in [1.807, 2.05) is 4.90 Å². The van der Waals surface area contributed by atoms with Gasteiger partial charge in [-0.3, -0.25) is 37.9 Å². The number of halogens is 5. The van der Waals surface area contributed by atoms with Crippen LogP contribution in [0.4, 0.5) is 33.3 Å². The predicted molar refractivity (Wildman–Crippen MR) is 348 cm³/mol. The quantitative estimate of drug-likeness (QED) is 0.0668. The van der Waals surface area contributed by atoms with Gasteiger partial charge in [0, 0.05) is 125 Å². The van der Waals surface area contributed by atoms with Gasteiger partial charge in [0.05, 0.1) is 74.2 Å². The second-order valence-corrected chi connectivity index (χ2v) is 23.2. The predicted octanol–water partition coefficient (Wildman–Crippen LogP) is 9.62. The van der Waals surface area contributed by atoms with Crippen molar-refractivity contribution in [2.75, 3.05) is 115 Å². The van der Waals surface area contributed by atoms with Crippen molar-refractivity contribution >= 4 is 11.4 Å². The molecule has 25 heteroatoms. The third-order valence-electron chi connectivity index (χ3n) is 16.2. The number of rotatable bonds is 21. The standard InChI is InChI=1S/C24H26F2N4O3.C24H25F2N3O4.C22H28FN3O3/c1-17-13-24(31)30(23(28-17)16-33-20-4-2-3-18(25)14-20)19-5-6-22(21(26)15-19)27-7-8-29-9-11-32-12-10-29;1-17-13-24(30)29(23(27-17)16-33-20-4-2-3-18(25)14-20)19-5-6-22(21(26)15-19)32-12-9-28-7-10-31-11-8-28;1-16-13-22(27)26(21(24-16)15-29-18-5-3-2-4-6-18)17-7-8-20(19(23)14-17)25-9-11-28-12-10-25/h2-6,13-15,27H,7-12,16H2,1H3;2-6,13-15H,7-12,16H2,1H3;7-8,13-14,18H,2-6,9-12,15H2,1H3. The van der Waals surface area contributed by atoms with Gasteiger partial charge in [0.2, 0.25) is 0 Å². The molecule has 3 aromatic heterocycles. The van der Waals surface area contributed by atoms with Gasteiger partial charge < -0.3 is 43.4 Å². The van der Waals surface area contributed by atoms with Gasteiger partial charge >= 0.3 is 0 Å². The van der Waals surface area contributed by atoms with E-state index in [1.54, 1.807) is 63.2 Å². The maximum Gasteiger partial charge on any atom is 0.258 e. The van der Waals surface area contributed by atoms with Gasteiger partial charge in [-0.1, -0.05) is 31.4 Å². The number of benzene rings is 5. The van der Waals surface area contributed by atoms with Gasteiger partial charge in [0.1, 0.15) is 67.0 Å². The number of morpholine rings is 3. The summed E-state index contributed by atoms with van der Waals surface area (Å²) in [5.41, 5.74) is 2.69. The molecule has 0 amide bonds. The highest BCUT2D eigenvalue weighted by Gasteiger charge is 2.22. The molecular weight excluding hydrogens is 1240 g/mol. The molecule has 1 N–H and O–H groups in total. The first-order valence-corrected chi connectivity index (χ1v) is 32.0. The van der Waals surface area contributed by atoms with Crippen molar-refractivity contribution in [2.24, 2.45) is 0 Å². The summed E-state index contributed by atoms with van der Waals surface area (Å²) in [5, 5.41) is 3.11. The summed E-state index contributed by atoms with van der Waals surface area (Å²) < 4.78 is 114. The van der Waals surface area contributed by atoms with Gasteiger partial charge in [-0.05, 0) is 94.3 Å². The van der Waals surface area contributed by atoms with E-state index in [0.717, 1.165) is 45.6 Å². The van der Waals surface area contributed by atoms with Crippen LogP contribution in [0.15, 0.2) is 136 Å². The van der Waals surface area contributed by atoms with Crippen molar-refractivity contribution in [2.45, 2.75) is 78.8 Å². The van der Waals surface area contributed by atoms with E-state index in [1.165, 1.54) is 112 Å². The monoisotopic (exact) mass is 1310 g/mol. The topological polar surface area (TPSA) is 191 Å². The fraction of sp³-hybridized carbons (Fsp3) is 0.400. The molecule has 1 saturated carbocycles. The fourth-order valence-electron chi connectivity index (χ4n) is 11.4. The third kappa shape index (κ3) is 19.6. The molecular formula is C70H79F5N10O10. The normalized spacial score (nSPS) is 15.5. The minimum absolute atomic E-state index is 0.0818. The lowest BCUT2D eigenvalue weighted by molar-refractivity contribution is 0.0124. The molecule has 95 heavy (non-hydrogen) atoms. The van der Waals surface area contributed by atoms with E-state index < -0.39 is 23.3 Å². The fourth-order valence-corrected chi connectivity index (χ4v) is 11.4. The molecule has 6 heterocycles. The Morgan fingerprint density at radius 3 is 1.44 bits per heavy atom. The highest BCUT2D eigenvalue weighted by atomic mass is 19.1. The van der Waals surface area contributed by atoms with Gasteiger partial charge in [0.25, 0.3) is 16.7 Å². The zero-order valence-corrected chi connectivity index (χ0v) is 53.6. The smallest absolute Gasteiger partial charge is 0.258 e. The summed E-state index contributed by atoms with van der Waals surface area (Å²) >= 11 is 0. The van der Waals surface area contributed by atoms with Crippen LogP contribution in [0.5, 0.6) is 17.2 Å². The first kappa shape index (κ1) is 69.0. The van der Waals surface area contributed by atoms with Crippen molar-refractivity contribution < 1.29 is 55.1 Å². The maximum absolute atomic E-state index is 14.9. The van der Waals surface area contributed by atoms with Gasteiger partial charge in [-0.25, -0.2) is 36.9 Å². The number of anilines is 2. The summed E-state index contributed by atoms with van der Waals surface area (Å²) in [6.45, 7) is 16.3. The summed E-state index contributed by atoms with van der Waals surface area (Å²) in [4.78, 5) is 57.9. The Kier molecular flexibility index (Phi) is 24.7. The molecule has 4 fully saturated rings. The lowest BCUT2D eigenvalue weighted by Crippen LogP contribution is -2.39. The SMILES string of the molecule is Cc1cc(=O)n(-c2ccc(N3CCOCC3)c(F)c2)c(COC2CCCCC2)n1.Cc1cc(=O)n(-c2ccc(NCCN3CCOCC3)c(F)c2)c(COc2cccc(F)c2)n1.Cc1cc(=O)n(-c2ccc(OCCN3CCOCC3)c(F)c2)c(COc2cccc(F)c2)n1. The Morgan fingerprint density at radius 2 is 0.947 bits per heavy atom. The molecule has 0 atom stereocenters. The molecule has 0 bridgehead atoms. The number of ether oxygens (including phenoxy) is 7. The molecule has 5 aromatic carbocycles. The Morgan fingerprint density at radius 1 is 0.484 bits per heavy atom. The van der Waals surface area contributed by atoms with Crippen LogP contribution in [0.2, 0.25) is 0 Å². The average Bonchev–Trinajstić information content (AvgIpc) is 1.08. The Hall–Kier alpha value is -8.85. The minimum Gasteiger partial charge on any atom is -0.489 e. The Balaban J connectivity index is 0.000000156.